The van der Waals surface area contributed by atoms with Crippen molar-refractivity contribution in [3.8, 4) is 22.9 Å². The highest BCUT2D eigenvalue weighted by molar-refractivity contribution is 5.63. The Morgan fingerprint density at radius 2 is 1.96 bits per heavy atom. The Balaban J connectivity index is 1.72. The number of aromatic nitrogens is 8. The third kappa shape index (κ3) is 2.93. The number of rotatable bonds is 5. The van der Waals surface area contributed by atoms with Crippen LogP contribution < -0.4 is 0 Å². The monoisotopic (exact) mass is 334 g/mol. The first kappa shape index (κ1) is 15.3. The minimum Gasteiger partial charge on any atom is -0.341 e. The van der Waals surface area contributed by atoms with Crippen molar-refractivity contribution in [2.75, 3.05) is 0 Å². The molecule has 0 atom stereocenters. The van der Waals surface area contributed by atoms with Gasteiger partial charge in [0.15, 0.2) is 11.6 Å². The van der Waals surface area contributed by atoms with Crippen LogP contribution >= 0.6 is 0 Å². The number of aryl methyl sites for hydroxylation is 2. The molecule has 0 bridgehead atoms. The molecule has 0 aliphatic carbocycles. The van der Waals surface area contributed by atoms with E-state index in [1.165, 1.54) is 6.33 Å². The normalized spacial score (nSPS) is 11.1. The number of benzene rings is 1. The highest BCUT2D eigenvalue weighted by Gasteiger charge is 2.18. The van der Waals surface area contributed by atoms with E-state index in [9.17, 15) is 0 Å². The van der Waals surface area contributed by atoms with Crippen molar-refractivity contribution in [3.05, 3.63) is 54.5 Å². The lowest BCUT2D eigenvalue weighted by atomic mass is 10.2. The Kier molecular flexibility index (Phi) is 3.85. The standard InChI is InChI=1S/C17H18N8/c1-3-25-17(21-14(23-25)9-24-11-18-10-19-24)15-12(2)20-16(22-15)13-7-5-4-6-8-13/h4-8,10-11H,3,9H2,1-2H3,(H,20,22). The van der Waals surface area contributed by atoms with Crippen LogP contribution in [0.25, 0.3) is 22.9 Å². The molecule has 0 fully saturated rings. The van der Waals surface area contributed by atoms with Crippen LogP contribution in [0.4, 0.5) is 0 Å². The molecule has 0 radical (unpaired) electrons. The summed E-state index contributed by atoms with van der Waals surface area (Å²) in [6, 6.07) is 10.0. The summed E-state index contributed by atoms with van der Waals surface area (Å²) in [5.41, 5.74) is 2.83. The summed E-state index contributed by atoms with van der Waals surface area (Å²) in [4.78, 5) is 16.7. The molecule has 126 valence electrons. The molecule has 0 amide bonds. The number of H-pyrrole nitrogens is 1. The van der Waals surface area contributed by atoms with Crippen LogP contribution in [0.15, 0.2) is 43.0 Å². The van der Waals surface area contributed by atoms with Gasteiger partial charge >= 0.3 is 0 Å². The topological polar surface area (TPSA) is 90.1 Å². The van der Waals surface area contributed by atoms with Gasteiger partial charge in [-0.25, -0.2) is 24.3 Å². The molecule has 1 N–H and O–H groups in total. The van der Waals surface area contributed by atoms with Gasteiger partial charge in [0.05, 0.1) is 0 Å². The van der Waals surface area contributed by atoms with Crippen molar-refractivity contribution in [1.82, 2.24) is 39.5 Å². The summed E-state index contributed by atoms with van der Waals surface area (Å²) in [5, 5.41) is 8.67. The summed E-state index contributed by atoms with van der Waals surface area (Å²) in [5.74, 6) is 2.27. The molecule has 0 saturated carbocycles. The van der Waals surface area contributed by atoms with Crippen molar-refractivity contribution >= 4 is 0 Å². The van der Waals surface area contributed by atoms with Crippen molar-refractivity contribution in [2.45, 2.75) is 26.9 Å². The van der Waals surface area contributed by atoms with Gasteiger partial charge in [-0.1, -0.05) is 30.3 Å². The van der Waals surface area contributed by atoms with Gasteiger partial charge in [-0.15, -0.1) is 0 Å². The Bertz CT molecular complexity index is 966. The van der Waals surface area contributed by atoms with Crippen LogP contribution in [0.5, 0.6) is 0 Å². The minimum absolute atomic E-state index is 0.481. The van der Waals surface area contributed by atoms with Gasteiger partial charge in [0.1, 0.15) is 30.7 Å². The molecule has 8 nitrogen and oxygen atoms in total. The fourth-order valence-electron chi connectivity index (χ4n) is 2.72. The van der Waals surface area contributed by atoms with Gasteiger partial charge in [0, 0.05) is 17.8 Å². The van der Waals surface area contributed by atoms with Crippen LogP contribution in [-0.2, 0) is 13.1 Å². The van der Waals surface area contributed by atoms with Gasteiger partial charge in [0.25, 0.3) is 0 Å². The molecule has 3 aromatic heterocycles. The average molecular weight is 334 g/mol. The molecular weight excluding hydrogens is 316 g/mol. The second kappa shape index (κ2) is 6.31. The molecular formula is C17H18N8. The summed E-state index contributed by atoms with van der Waals surface area (Å²) in [7, 11) is 0. The van der Waals surface area contributed by atoms with E-state index in [-0.39, 0.29) is 0 Å². The van der Waals surface area contributed by atoms with E-state index >= 15 is 0 Å². The number of imidazole rings is 1. The lowest BCUT2D eigenvalue weighted by Gasteiger charge is -1.99. The summed E-state index contributed by atoms with van der Waals surface area (Å²) in [6.45, 7) is 5.24. The average Bonchev–Trinajstić information content (AvgIpc) is 3.36. The Morgan fingerprint density at radius 1 is 1.12 bits per heavy atom. The smallest absolute Gasteiger partial charge is 0.179 e. The lowest BCUT2D eigenvalue weighted by Crippen LogP contribution is -2.03. The van der Waals surface area contributed by atoms with Crippen LogP contribution in [-0.4, -0.2) is 39.5 Å². The first-order chi connectivity index (χ1) is 12.2. The number of hydrogen-bond donors (Lipinski definition) is 1. The SMILES string of the molecule is CCn1nc(Cn2cncn2)nc1-c1nc(-c2ccccc2)[nH]c1C. The van der Waals surface area contributed by atoms with Crippen LogP contribution in [0.1, 0.15) is 18.4 Å². The number of hydrogen-bond acceptors (Lipinski definition) is 5. The van der Waals surface area contributed by atoms with Gasteiger partial charge in [-0.05, 0) is 13.8 Å². The first-order valence-electron chi connectivity index (χ1n) is 8.13. The molecule has 4 aromatic rings. The molecule has 0 aliphatic heterocycles. The van der Waals surface area contributed by atoms with Crippen LogP contribution in [0.2, 0.25) is 0 Å². The summed E-state index contributed by atoms with van der Waals surface area (Å²) >= 11 is 0. The molecule has 0 spiro atoms. The van der Waals surface area contributed by atoms with Gasteiger partial charge in [-0.2, -0.15) is 10.2 Å². The van der Waals surface area contributed by atoms with E-state index in [1.807, 2.05) is 48.9 Å². The highest BCUT2D eigenvalue weighted by Crippen LogP contribution is 2.24. The second-order valence-corrected chi connectivity index (χ2v) is 5.69. The molecule has 0 aliphatic rings. The summed E-state index contributed by atoms with van der Waals surface area (Å²) < 4.78 is 3.57. The van der Waals surface area contributed by atoms with E-state index in [0.717, 1.165) is 28.6 Å². The Hall–Kier alpha value is -3.29. The molecule has 1 aromatic carbocycles. The molecule has 0 saturated heterocycles. The highest BCUT2D eigenvalue weighted by atomic mass is 15.4. The molecule has 25 heavy (non-hydrogen) atoms. The van der Waals surface area contributed by atoms with Crippen molar-refractivity contribution < 1.29 is 0 Å². The van der Waals surface area contributed by atoms with E-state index in [2.05, 4.69) is 25.1 Å². The maximum Gasteiger partial charge on any atom is 0.179 e. The van der Waals surface area contributed by atoms with E-state index in [4.69, 9.17) is 4.98 Å². The Morgan fingerprint density at radius 3 is 2.68 bits per heavy atom. The summed E-state index contributed by atoms with van der Waals surface area (Å²) in [6.07, 6.45) is 3.15. The lowest BCUT2D eigenvalue weighted by molar-refractivity contribution is 0.616. The fourth-order valence-corrected chi connectivity index (χ4v) is 2.72. The first-order valence-corrected chi connectivity index (χ1v) is 8.13. The predicted octanol–water partition coefficient (Wildman–Crippen LogP) is 2.30. The van der Waals surface area contributed by atoms with E-state index in [1.54, 1.807) is 11.0 Å². The second-order valence-electron chi connectivity index (χ2n) is 5.69. The van der Waals surface area contributed by atoms with Crippen LogP contribution in [0.3, 0.4) is 0 Å². The van der Waals surface area contributed by atoms with Crippen molar-refractivity contribution in [2.24, 2.45) is 0 Å². The zero-order chi connectivity index (χ0) is 17.2. The number of nitrogens with one attached hydrogen (secondary N) is 1. The fraction of sp³-hybridized carbons (Fsp3) is 0.235. The third-order valence-electron chi connectivity index (χ3n) is 3.93. The maximum absolute atomic E-state index is 4.76. The van der Waals surface area contributed by atoms with Crippen molar-refractivity contribution in [1.29, 1.82) is 0 Å². The largest absolute Gasteiger partial charge is 0.341 e. The molecule has 3 heterocycles. The molecule has 0 unspecified atom stereocenters. The van der Waals surface area contributed by atoms with E-state index in [0.29, 0.717) is 18.9 Å². The van der Waals surface area contributed by atoms with Gasteiger partial charge in [-0.3, -0.25) is 0 Å². The zero-order valence-corrected chi connectivity index (χ0v) is 14.1. The van der Waals surface area contributed by atoms with Crippen molar-refractivity contribution in [3.63, 3.8) is 0 Å². The minimum atomic E-state index is 0.481. The third-order valence-corrected chi connectivity index (χ3v) is 3.93. The number of aromatic amines is 1. The van der Waals surface area contributed by atoms with Crippen LogP contribution in [0, 0.1) is 6.92 Å². The van der Waals surface area contributed by atoms with Gasteiger partial charge < -0.3 is 4.98 Å². The molecule has 4 rings (SSSR count). The Labute approximate surface area is 144 Å². The van der Waals surface area contributed by atoms with E-state index < -0.39 is 0 Å². The van der Waals surface area contributed by atoms with Gasteiger partial charge in [0.2, 0.25) is 0 Å². The number of nitrogens with zero attached hydrogens (tertiary/aromatic N) is 7. The predicted molar refractivity (Wildman–Crippen MR) is 92.6 cm³/mol. The molecule has 8 heteroatoms. The quantitative estimate of drug-likeness (QED) is 0.605. The zero-order valence-electron chi connectivity index (χ0n) is 14.1. The maximum atomic E-state index is 4.76.